The minimum Gasteiger partial charge on any atom is -0.545 e. The molecular formula is C21H16FKN4O3. The monoisotopic (exact) mass is 430 g/mol. The Morgan fingerprint density at radius 3 is 2.73 bits per heavy atom. The second-order valence-corrected chi connectivity index (χ2v) is 6.48. The summed E-state index contributed by atoms with van der Waals surface area (Å²) in [5.74, 6) is -1.29. The number of aromatic carboxylic acids is 1. The van der Waals surface area contributed by atoms with Gasteiger partial charge in [-0.25, -0.2) is 14.1 Å². The zero-order chi connectivity index (χ0) is 20.5. The fourth-order valence-corrected chi connectivity index (χ4v) is 3.12. The van der Waals surface area contributed by atoms with Crippen LogP contribution in [0.25, 0.3) is 16.6 Å². The first-order valence-electron chi connectivity index (χ1n) is 8.80. The Labute approximate surface area is 214 Å². The molecule has 7 nitrogen and oxygen atoms in total. The minimum absolute atomic E-state index is 0. The molecule has 146 valence electrons. The van der Waals surface area contributed by atoms with Gasteiger partial charge in [0.1, 0.15) is 11.9 Å². The van der Waals surface area contributed by atoms with Crippen LogP contribution in [-0.4, -0.2) is 20.7 Å². The van der Waals surface area contributed by atoms with E-state index in [2.05, 4.69) is 10.1 Å². The largest absolute Gasteiger partial charge is 1.00 e. The van der Waals surface area contributed by atoms with Gasteiger partial charge in [0.25, 0.3) is 0 Å². The van der Waals surface area contributed by atoms with Crippen molar-refractivity contribution in [3.63, 3.8) is 0 Å². The van der Waals surface area contributed by atoms with E-state index in [1.807, 2.05) is 0 Å². The van der Waals surface area contributed by atoms with Gasteiger partial charge in [-0.05, 0) is 55.0 Å². The number of carboxylic acids is 1. The van der Waals surface area contributed by atoms with Crippen molar-refractivity contribution in [1.82, 2.24) is 14.8 Å². The number of pyridine rings is 1. The number of nitrogen functional groups attached to an aromatic ring is 1. The molecule has 2 N–H and O–H groups in total. The van der Waals surface area contributed by atoms with Crippen LogP contribution in [0.15, 0.2) is 60.9 Å². The van der Waals surface area contributed by atoms with Crippen LogP contribution in [0.4, 0.5) is 10.2 Å². The number of aromatic nitrogens is 3. The van der Waals surface area contributed by atoms with Gasteiger partial charge in [0.15, 0.2) is 11.6 Å². The SMILES string of the molecule is C[C@H](Oc1cc2cc(F)ccc2nc1N)c1cc(C(=O)[O-])ccc1-n1cccn1.[K+]. The van der Waals surface area contributed by atoms with Crippen molar-refractivity contribution in [3.8, 4) is 11.4 Å². The molecule has 9 heteroatoms. The van der Waals surface area contributed by atoms with Crippen molar-refractivity contribution in [3.05, 3.63) is 77.9 Å². The summed E-state index contributed by atoms with van der Waals surface area (Å²) in [4.78, 5) is 15.6. The number of ether oxygens (including phenoxy) is 1. The number of hydrogen-bond donors (Lipinski definition) is 1. The van der Waals surface area contributed by atoms with Gasteiger partial charge >= 0.3 is 51.4 Å². The van der Waals surface area contributed by atoms with Crippen LogP contribution >= 0.6 is 0 Å². The number of carbonyl (C=O) groups is 1. The molecule has 2 aromatic carbocycles. The maximum Gasteiger partial charge on any atom is 1.00 e. The van der Waals surface area contributed by atoms with Crippen LogP contribution in [0, 0.1) is 5.82 Å². The van der Waals surface area contributed by atoms with E-state index in [-0.39, 0.29) is 68.5 Å². The quantitative estimate of drug-likeness (QED) is 0.434. The number of carboxylic acid groups (broad SMARTS) is 1. The third kappa shape index (κ3) is 4.55. The van der Waals surface area contributed by atoms with Crippen molar-refractivity contribution in [2.75, 3.05) is 5.73 Å². The van der Waals surface area contributed by atoms with Crippen molar-refractivity contribution in [2.24, 2.45) is 0 Å². The van der Waals surface area contributed by atoms with Crippen molar-refractivity contribution < 1.29 is 70.4 Å². The molecule has 0 spiro atoms. The second-order valence-electron chi connectivity index (χ2n) is 6.48. The third-order valence-corrected chi connectivity index (χ3v) is 4.53. The molecule has 0 saturated heterocycles. The molecule has 0 radical (unpaired) electrons. The summed E-state index contributed by atoms with van der Waals surface area (Å²) in [6.07, 6.45) is 2.74. The number of fused-ring (bicyclic) bond motifs is 1. The summed E-state index contributed by atoms with van der Waals surface area (Å²) in [6.45, 7) is 1.75. The smallest absolute Gasteiger partial charge is 0.545 e. The van der Waals surface area contributed by atoms with E-state index in [1.54, 1.807) is 42.2 Å². The number of hydrogen-bond acceptors (Lipinski definition) is 6. The maximum atomic E-state index is 13.6. The van der Waals surface area contributed by atoms with Gasteiger partial charge in [-0.1, -0.05) is 6.07 Å². The molecule has 0 bridgehead atoms. The van der Waals surface area contributed by atoms with Crippen LogP contribution in [0.2, 0.25) is 0 Å². The zero-order valence-corrected chi connectivity index (χ0v) is 19.5. The Balaban J connectivity index is 0.00000256. The Morgan fingerprint density at radius 2 is 2.03 bits per heavy atom. The summed E-state index contributed by atoms with van der Waals surface area (Å²) in [5.41, 5.74) is 7.77. The summed E-state index contributed by atoms with van der Waals surface area (Å²) in [7, 11) is 0. The van der Waals surface area contributed by atoms with Gasteiger partial charge in [0.2, 0.25) is 0 Å². The fraction of sp³-hybridized carbons (Fsp3) is 0.0952. The van der Waals surface area contributed by atoms with E-state index in [0.717, 1.165) is 0 Å². The minimum atomic E-state index is -1.30. The molecule has 4 aromatic rings. The van der Waals surface area contributed by atoms with Crippen molar-refractivity contribution in [1.29, 1.82) is 0 Å². The van der Waals surface area contributed by atoms with Gasteiger partial charge in [0, 0.05) is 23.3 Å². The summed E-state index contributed by atoms with van der Waals surface area (Å²) in [5, 5.41) is 16.1. The average Bonchev–Trinajstić information content (AvgIpc) is 3.23. The van der Waals surface area contributed by atoms with Crippen LogP contribution in [0.5, 0.6) is 5.75 Å². The van der Waals surface area contributed by atoms with Crippen LogP contribution in [-0.2, 0) is 0 Å². The number of carbonyl (C=O) groups excluding carboxylic acids is 1. The first kappa shape index (κ1) is 22.4. The Bertz CT molecular complexity index is 1210. The standard InChI is InChI=1S/C21H17FN4O3.K/c1-12(29-19-11-14-9-15(22)4-5-17(14)25-20(19)23)16-10-13(21(27)28)3-6-18(16)26-8-2-7-24-26;/h2-12H,1H3,(H2,23,25)(H,27,28);/q;+1/p-1/t12-;/m0./s1. The molecule has 0 amide bonds. The van der Waals surface area contributed by atoms with Gasteiger partial charge in [-0.3, -0.25) is 0 Å². The van der Waals surface area contributed by atoms with Crippen molar-refractivity contribution in [2.45, 2.75) is 13.0 Å². The molecule has 0 fully saturated rings. The number of nitrogens with two attached hydrogens (primary N) is 1. The first-order valence-corrected chi connectivity index (χ1v) is 8.80. The molecule has 1 atom stereocenters. The van der Waals surface area contributed by atoms with E-state index in [4.69, 9.17) is 10.5 Å². The molecule has 4 rings (SSSR count). The van der Waals surface area contributed by atoms with Crippen molar-refractivity contribution >= 4 is 22.7 Å². The number of anilines is 1. The molecule has 0 saturated carbocycles. The predicted octanol–water partition coefficient (Wildman–Crippen LogP) is -0.351. The third-order valence-electron chi connectivity index (χ3n) is 4.53. The van der Waals surface area contributed by atoms with E-state index < -0.39 is 17.9 Å². The summed E-state index contributed by atoms with van der Waals surface area (Å²) < 4.78 is 21.1. The molecule has 30 heavy (non-hydrogen) atoms. The molecule has 2 heterocycles. The van der Waals surface area contributed by atoms with E-state index >= 15 is 0 Å². The molecule has 0 aliphatic rings. The molecular weight excluding hydrogens is 414 g/mol. The Kier molecular flexibility index (Phi) is 6.89. The van der Waals surface area contributed by atoms with E-state index in [9.17, 15) is 14.3 Å². The predicted molar refractivity (Wildman–Crippen MR) is 103 cm³/mol. The average molecular weight is 430 g/mol. The van der Waals surface area contributed by atoms with Crippen LogP contribution in [0.1, 0.15) is 28.9 Å². The number of nitrogens with zero attached hydrogens (tertiary/aromatic N) is 3. The summed E-state index contributed by atoms with van der Waals surface area (Å²) in [6, 6.07) is 12.1. The number of benzene rings is 2. The Morgan fingerprint density at radius 1 is 1.23 bits per heavy atom. The van der Waals surface area contributed by atoms with E-state index in [0.29, 0.717) is 22.2 Å². The second kappa shape index (κ2) is 9.23. The topological polar surface area (TPSA) is 106 Å². The Hall–Kier alpha value is -2.30. The molecule has 0 unspecified atom stereocenters. The zero-order valence-electron chi connectivity index (χ0n) is 16.4. The molecule has 0 aliphatic carbocycles. The van der Waals surface area contributed by atoms with Crippen LogP contribution < -0.4 is 67.0 Å². The summed E-state index contributed by atoms with van der Waals surface area (Å²) >= 11 is 0. The fourth-order valence-electron chi connectivity index (χ4n) is 3.12. The first-order chi connectivity index (χ1) is 13.9. The number of halogens is 1. The van der Waals surface area contributed by atoms with Crippen LogP contribution in [0.3, 0.4) is 0 Å². The number of rotatable bonds is 5. The van der Waals surface area contributed by atoms with Gasteiger partial charge in [0.05, 0.1) is 17.2 Å². The normalized spacial score (nSPS) is 11.7. The molecule has 2 aromatic heterocycles. The van der Waals surface area contributed by atoms with Gasteiger partial charge < -0.3 is 20.4 Å². The van der Waals surface area contributed by atoms with Gasteiger partial charge in [-0.15, -0.1) is 0 Å². The van der Waals surface area contributed by atoms with E-state index in [1.165, 1.54) is 30.3 Å². The molecule has 0 aliphatic heterocycles. The maximum absolute atomic E-state index is 13.6. The van der Waals surface area contributed by atoms with Gasteiger partial charge in [-0.2, -0.15) is 5.10 Å².